The van der Waals surface area contributed by atoms with Gasteiger partial charge in [0.1, 0.15) is 18.1 Å². The Bertz CT molecular complexity index is 687. The average Bonchev–Trinajstić information content (AvgIpc) is 2.59. The monoisotopic (exact) mass is 312 g/mol. The van der Waals surface area contributed by atoms with Gasteiger partial charge < -0.3 is 14.2 Å². The molecule has 0 amide bonds. The van der Waals surface area contributed by atoms with E-state index in [1.54, 1.807) is 32.4 Å². The van der Waals surface area contributed by atoms with Crippen LogP contribution in [0.1, 0.15) is 16.7 Å². The number of hydrogen-bond acceptors (Lipinski definition) is 4. The molecule has 4 heteroatoms. The SMILES string of the molecule is COc1ccc(C=CC(=O)OCc2ccc(C)cc2)c(OC)c1. The molecule has 0 N–H and O–H groups in total. The first-order chi connectivity index (χ1) is 11.1. The van der Waals surface area contributed by atoms with Crippen LogP contribution in [-0.2, 0) is 16.1 Å². The molecule has 0 radical (unpaired) electrons. The molecule has 23 heavy (non-hydrogen) atoms. The van der Waals surface area contributed by atoms with Crippen LogP contribution < -0.4 is 9.47 Å². The maximum atomic E-state index is 11.8. The van der Waals surface area contributed by atoms with Crippen LogP contribution in [-0.4, -0.2) is 20.2 Å². The van der Waals surface area contributed by atoms with Crippen molar-refractivity contribution in [3.05, 3.63) is 65.2 Å². The Hall–Kier alpha value is -2.75. The summed E-state index contributed by atoms with van der Waals surface area (Å²) in [6.07, 6.45) is 3.05. The number of aryl methyl sites for hydroxylation is 1. The summed E-state index contributed by atoms with van der Waals surface area (Å²) < 4.78 is 15.6. The fourth-order valence-corrected chi connectivity index (χ4v) is 2.00. The lowest BCUT2D eigenvalue weighted by molar-refractivity contribution is -0.138. The van der Waals surface area contributed by atoms with Gasteiger partial charge in [-0.1, -0.05) is 29.8 Å². The molecule has 0 aliphatic carbocycles. The van der Waals surface area contributed by atoms with Crippen molar-refractivity contribution in [3.63, 3.8) is 0 Å². The molecular formula is C19H20O4. The van der Waals surface area contributed by atoms with Crippen LogP contribution in [0.25, 0.3) is 6.08 Å². The lowest BCUT2D eigenvalue weighted by atomic mass is 10.1. The Labute approximate surface area is 136 Å². The van der Waals surface area contributed by atoms with Crippen LogP contribution >= 0.6 is 0 Å². The van der Waals surface area contributed by atoms with Crippen molar-refractivity contribution < 1.29 is 19.0 Å². The average molecular weight is 312 g/mol. The molecule has 0 heterocycles. The van der Waals surface area contributed by atoms with Gasteiger partial charge in [-0.15, -0.1) is 0 Å². The molecule has 0 aromatic heterocycles. The summed E-state index contributed by atoms with van der Waals surface area (Å²) in [4.78, 5) is 11.8. The summed E-state index contributed by atoms with van der Waals surface area (Å²) in [5.41, 5.74) is 2.91. The first-order valence-corrected chi connectivity index (χ1v) is 7.25. The summed E-state index contributed by atoms with van der Waals surface area (Å²) in [7, 11) is 3.16. The molecule has 0 aliphatic rings. The third-order valence-electron chi connectivity index (χ3n) is 3.34. The molecule has 2 rings (SSSR count). The second kappa shape index (κ2) is 8.03. The highest BCUT2D eigenvalue weighted by molar-refractivity contribution is 5.87. The van der Waals surface area contributed by atoms with Gasteiger partial charge >= 0.3 is 5.97 Å². The van der Waals surface area contributed by atoms with E-state index < -0.39 is 5.97 Å². The molecule has 0 spiro atoms. The Balaban J connectivity index is 1.96. The second-order valence-corrected chi connectivity index (χ2v) is 5.03. The van der Waals surface area contributed by atoms with E-state index in [1.165, 1.54) is 11.6 Å². The number of esters is 1. The van der Waals surface area contributed by atoms with Gasteiger partial charge in [0.25, 0.3) is 0 Å². The van der Waals surface area contributed by atoms with Crippen molar-refractivity contribution in [1.82, 2.24) is 0 Å². The molecule has 0 atom stereocenters. The molecule has 0 saturated carbocycles. The van der Waals surface area contributed by atoms with Crippen LogP contribution in [0, 0.1) is 6.92 Å². The van der Waals surface area contributed by atoms with E-state index in [4.69, 9.17) is 14.2 Å². The standard InChI is InChI=1S/C19H20O4/c1-14-4-6-15(7-5-14)13-23-19(20)11-9-16-8-10-17(21-2)12-18(16)22-3/h4-12H,13H2,1-3H3. The van der Waals surface area contributed by atoms with Crippen LogP contribution in [0.5, 0.6) is 11.5 Å². The van der Waals surface area contributed by atoms with E-state index in [-0.39, 0.29) is 6.61 Å². The van der Waals surface area contributed by atoms with Gasteiger partial charge in [-0.25, -0.2) is 4.79 Å². The maximum absolute atomic E-state index is 11.8. The predicted octanol–water partition coefficient (Wildman–Crippen LogP) is 3.77. The van der Waals surface area contributed by atoms with Crippen molar-refractivity contribution in [1.29, 1.82) is 0 Å². The van der Waals surface area contributed by atoms with Crippen molar-refractivity contribution >= 4 is 12.0 Å². The minimum absolute atomic E-state index is 0.253. The predicted molar refractivity (Wildman–Crippen MR) is 89.6 cm³/mol. The van der Waals surface area contributed by atoms with Crippen LogP contribution in [0.3, 0.4) is 0 Å². The molecule has 4 nitrogen and oxygen atoms in total. The molecule has 2 aromatic carbocycles. The molecule has 0 saturated heterocycles. The first kappa shape index (κ1) is 16.6. The number of carbonyl (C=O) groups is 1. The highest BCUT2D eigenvalue weighted by Gasteiger charge is 2.04. The van der Waals surface area contributed by atoms with Crippen LogP contribution in [0.4, 0.5) is 0 Å². The largest absolute Gasteiger partial charge is 0.497 e. The molecule has 0 unspecified atom stereocenters. The molecule has 120 valence electrons. The highest BCUT2D eigenvalue weighted by atomic mass is 16.5. The Morgan fingerprint density at radius 2 is 1.78 bits per heavy atom. The van der Waals surface area contributed by atoms with Crippen LogP contribution in [0.15, 0.2) is 48.5 Å². The van der Waals surface area contributed by atoms with Gasteiger partial charge in [0, 0.05) is 17.7 Å². The third kappa shape index (κ3) is 4.88. The van der Waals surface area contributed by atoms with Gasteiger partial charge in [-0.05, 0) is 30.7 Å². The zero-order chi connectivity index (χ0) is 16.7. The number of rotatable bonds is 6. The number of hydrogen-bond donors (Lipinski definition) is 0. The van der Waals surface area contributed by atoms with Gasteiger partial charge in [0.05, 0.1) is 14.2 Å². The molecule has 0 fully saturated rings. The van der Waals surface area contributed by atoms with Crippen LogP contribution in [0.2, 0.25) is 0 Å². The topological polar surface area (TPSA) is 44.8 Å². The maximum Gasteiger partial charge on any atom is 0.331 e. The number of benzene rings is 2. The van der Waals surface area contributed by atoms with E-state index in [1.807, 2.05) is 37.3 Å². The molecule has 0 aliphatic heterocycles. The number of methoxy groups -OCH3 is 2. The third-order valence-corrected chi connectivity index (χ3v) is 3.34. The summed E-state index contributed by atoms with van der Waals surface area (Å²) in [6.45, 7) is 2.27. The number of ether oxygens (including phenoxy) is 3. The van der Waals surface area contributed by atoms with E-state index >= 15 is 0 Å². The zero-order valence-electron chi connectivity index (χ0n) is 13.5. The van der Waals surface area contributed by atoms with E-state index in [0.717, 1.165) is 11.1 Å². The summed E-state index contributed by atoms with van der Waals surface area (Å²) >= 11 is 0. The Morgan fingerprint density at radius 1 is 1.04 bits per heavy atom. The highest BCUT2D eigenvalue weighted by Crippen LogP contribution is 2.25. The fraction of sp³-hybridized carbons (Fsp3) is 0.211. The van der Waals surface area contributed by atoms with Crippen molar-refractivity contribution in [2.45, 2.75) is 13.5 Å². The fourth-order valence-electron chi connectivity index (χ4n) is 2.00. The van der Waals surface area contributed by atoms with E-state index in [9.17, 15) is 4.79 Å². The smallest absolute Gasteiger partial charge is 0.331 e. The van der Waals surface area contributed by atoms with Crippen molar-refractivity contribution in [2.24, 2.45) is 0 Å². The summed E-state index contributed by atoms with van der Waals surface area (Å²) in [6, 6.07) is 13.2. The van der Waals surface area contributed by atoms with Gasteiger partial charge in [-0.2, -0.15) is 0 Å². The summed E-state index contributed by atoms with van der Waals surface area (Å²) in [5, 5.41) is 0. The van der Waals surface area contributed by atoms with Gasteiger partial charge in [0.15, 0.2) is 0 Å². The van der Waals surface area contributed by atoms with E-state index in [2.05, 4.69) is 0 Å². The van der Waals surface area contributed by atoms with Gasteiger partial charge in [-0.3, -0.25) is 0 Å². The molecule has 2 aromatic rings. The zero-order valence-corrected chi connectivity index (χ0v) is 13.5. The minimum atomic E-state index is -0.400. The van der Waals surface area contributed by atoms with E-state index in [0.29, 0.717) is 11.5 Å². The quantitative estimate of drug-likeness (QED) is 0.601. The molecular weight excluding hydrogens is 292 g/mol. The lowest BCUT2D eigenvalue weighted by Crippen LogP contribution is -2.00. The van der Waals surface area contributed by atoms with Gasteiger partial charge in [0.2, 0.25) is 0 Å². The first-order valence-electron chi connectivity index (χ1n) is 7.25. The molecule has 0 bridgehead atoms. The Kier molecular flexibility index (Phi) is 5.80. The minimum Gasteiger partial charge on any atom is -0.497 e. The van der Waals surface area contributed by atoms with Crippen molar-refractivity contribution in [3.8, 4) is 11.5 Å². The Morgan fingerprint density at radius 3 is 2.43 bits per heavy atom. The van der Waals surface area contributed by atoms with Crippen molar-refractivity contribution in [2.75, 3.05) is 14.2 Å². The lowest BCUT2D eigenvalue weighted by Gasteiger charge is -2.07. The second-order valence-electron chi connectivity index (χ2n) is 5.03. The normalized spacial score (nSPS) is 10.6. The number of carbonyl (C=O) groups excluding carboxylic acids is 1. The summed E-state index contributed by atoms with van der Waals surface area (Å²) in [5.74, 6) is 0.927.